The van der Waals surface area contributed by atoms with Crippen LogP contribution in [0.1, 0.15) is 157 Å². The summed E-state index contributed by atoms with van der Waals surface area (Å²) in [5.74, 6) is 0.647. The smallest absolute Gasteiger partial charge is 0.310 e. The van der Waals surface area contributed by atoms with E-state index in [4.69, 9.17) is 18.3 Å². The molecule has 3 aliphatic carbocycles. The molecule has 0 spiro atoms. The van der Waals surface area contributed by atoms with Crippen molar-refractivity contribution in [2.24, 2.45) is 34.5 Å². The van der Waals surface area contributed by atoms with E-state index in [1.54, 1.807) is 0 Å². The number of benzene rings is 2. The number of ether oxygens (including phenoxy) is 2. The molecule has 0 N–H and O–H groups in total. The minimum Gasteiger partial charge on any atom is -0.544 e. The first-order valence-corrected chi connectivity index (χ1v) is 28.4. The minimum atomic E-state index is -2.07. The van der Waals surface area contributed by atoms with Crippen LogP contribution in [-0.2, 0) is 19.1 Å². The molecule has 6 nitrogen and oxygen atoms in total. The highest BCUT2D eigenvalue weighted by molar-refractivity contribution is 6.75. The predicted octanol–water partition coefficient (Wildman–Crippen LogP) is 13.9. The molecule has 0 aliphatic heterocycles. The van der Waals surface area contributed by atoms with Crippen molar-refractivity contribution in [2.45, 2.75) is 195 Å². The van der Waals surface area contributed by atoms with Crippen molar-refractivity contribution in [1.29, 1.82) is 0 Å². The van der Waals surface area contributed by atoms with Gasteiger partial charge in [0, 0.05) is 11.8 Å². The lowest BCUT2D eigenvalue weighted by molar-refractivity contribution is -0.175. The molecule has 5 rings (SSSR count). The van der Waals surface area contributed by atoms with E-state index >= 15 is 0 Å². The van der Waals surface area contributed by atoms with E-state index in [9.17, 15) is 9.59 Å². The Bertz CT molecular complexity index is 1550. The van der Waals surface area contributed by atoms with Crippen molar-refractivity contribution in [2.75, 3.05) is 0 Å². The molecule has 2 aromatic carbocycles. The Labute approximate surface area is 355 Å². The average Bonchev–Trinajstić information content (AvgIpc) is 3.08. The molecular formula is C50H80O6Si2. The molecular weight excluding hydrogens is 753 g/mol. The molecule has 0 bridgehead atoms. The highest BCUT2D eigenvalue weighted by Crippen LogP contribution is 2.59. The fourth-order valence-electron chi connectivity index (χ4n) is 9.15. The Morgan fingerprint density at radius 2 is 0.741 bits per heavy atom. The molecule has 0 heterocycles. The summed E-state index contributed by atoms with van der Waals surface area (Å²) in [6, 6.07) is 16.4. The zero-order valence-corrected chi connectivity index (χ0v) is 41.3. The molecule has 3 saturated carbocycles. The van der Waals surface area contributed by atoms with Gasteiger partial charge in [-0.15, -0.1) is 0 Å². The van der Waals surface area contributed by atoms with Gasteiger partial charge in [-0.05, 0) is 146 Å². The Hall–Kier alpha value is -2.59. The van der Waals surface area contributed by atoms with Crippen LogP contribution in [0.4, 0.5) is 0 Å². The van der Waals surface area contributed by atoms with Crippen LogP contribution in [0.5, 0.6) is 11.5 Å². The third kappa shape index (κ3) is 10.6. The van der Waals surface area contributed by atoms with Crippen LogP contribution in [0, 0.1) is 34.5 Å². The van der Waals surface area contributed by atoms with Gasteiger partial charge in [-0.1, -0.05) is 107 Å². The van der Waals surface area contributed by atoms with E-state index in [2.05, 4.69) is 134 Å². The van der Waals surface area contributed by atoms with Crippen LogP contribution in [0.15, 0.2) is 48.5 Å². The summed E-state index contributed by atoms with van der Waals surface area (Å²) in [6.45, 7) is 36.3. The number of carbonyl (C=O) groups is 2. The summed E-state index contributed by atoms with van der Waals surface area (Å²) < 4.78 is 26.4. The number of hydrogen-bond acceptors (Lipinski definition) is 6. The van der Waals surface area contributed by atoms with Gasteiger partial charge in [-0.25, -0.2) is 0 Å². The van der Waals surface area contributed by atoms with E-state index in [-0.39, 0.29) is 56.9 Å². The molecule has 0 aromatic heterocycles. The molecule has 0 atom stereocenters. The predicted molar refractivity (Wildman–Crippen MR) is 244 cm³/mol. The van der Waals surface area contributed by atoms with Crippen molar-refractivity contribution in [1.82, 2.24) is 0 Å². The van der Waals surface area contributed by atoms with Crippen molar-refractivity contribution >= 4 is 28.6 Å². The number of esters is 2. The lowest BCUT2D eigenvalue weighted by Gasteiger charge is -2.50. The van der Waals surface area contributed by atoms with Gasteiger partial charge in [0.15, 0.2) is 0 Å². The van der Waals surface area contributed by atoms with Gasteiger partial charge < -0.3 is 18.3 Å². The molecule has 0 radical (unpaired) electrons. The summed E-state index contributed by atoms with van der Waals surface area (Å²) >= 11 is 0. The zero-order valence-electron chi connectivity index (χ0n) is 39.3. The van der Waals surface area contributed by atoms with Crippen molar-refractivity contribution < 1.29 is 27.9 Å². The molecule has 3 aliphatic rings. The maximum absolute atomic E-state index is 14.7. The molecule has 3 fully saturated rings. The summed E-state index contributed by atoms with van der Waals surface area (Å²) in [7, 11) is -4.15. The SMILES string of the molecule is CC(C)(C)C1CCC(OC(=O)C2C(c3ccc(O[Si](C)(C)C(C)(C)C)cc3)C(C(=O)OC3CCC(C(C)(C)C)CC3)C2c2ccc(O[Si](C)(C)C(C)(C)C)cc2)CC1. The zero-order chi connectivity index (χ0) is 43.2. The highest BCUT2D eigenvalue weighted by Gasteiger charge is 2.60. The highest BCUT2D eigenvalue weighted by atomic mass is 28.4. The van der Waals surface area contributed by atoms with Crippen LogP contribution in [-0.4, -0.2) is 40.8 Å². The van der Waals surface area contributed by atoms with Crippen LogP contribution < -0.4 is 8.85 Å². The largest absolute Gasteiger partial charge is 0.544 e. The average molecular weight is 833 g/mol. The summed E-state index contributed by atoms with van der Waals surface area (Å²) in [6.07, 6.45) is 7.47. The molecule has 0 amide bonds. The molecule has 324 valence electrons. The lowest BCUT2D eigenvalue weighted by atomic mass is 9.52. The van der Waals surface area contributed by atoms with Gasteiger partial charge in [-0.3, -0.25) is 9.59 Å². The molecule has 58 heavy (non-hydrogen) atoms. The van der Waals surface area contributed by atoms with Crippen LogP contribution >= 0.6 is 0 Å². The number of rotatable bonds is 10. The first kappa shape index (κ1) is 46.5. The maximum Gasteiger partial charge on any atom is 0.310 e. The third-order valence-electron chi connectivity index (χ3n) is 15.3. The molecule has 2 aromatic rings. The third-order valence-corrected chi connectivity index (χ3v) is 24.1. The maximum atomic E-state index is 14.7. The Balaban J connectivity index is 1.50. The van der Waals surface area contributed by atoms with E-state index in [1.165, 1.54) is 0 Å². The van der Waals surface area contributed by atoms with Gasteiger partial charge >= 0.3 is 11.9 Å². The van der Waals surface area contributed by atoms with Crippen LogP contribution in [0.25, 0.3) is 0 Å². The van der Waals surface area contributed by atoms with Crippen molar-refractivity contribution in [3.63, 3.8) is 0 Å². The summed E-state index contributed by atoms with van der Waals surface area (Å²) in [5.41, 5.74) is 2.38. The standard InChI is InChI=1S/C50H80O6Si2/c1-47(2,3)35-21-29-37(30-22-35)53-45(51)43-41(33-17-25-39(26-18-33)55-57(13,14)49(7,8)9)44(46(52)54-38-31-23-36(24-32-38)48(4,5)6)42(43)34-19-27-40(28-20-34)56-58(15,16)50(10,11)12/h17-20,25-28,35-38,41-44H,21-24,29-32H2,1-16H3. The molecule has 0 unspecified atom stereocenters. The summed E-state index contributed by atoms with van der Waals surface area (Å²) in [4.78, 5) is 29.5. The monoisotopic (exact) mass is 833 g/mol. The van der Waals surface area contributed by atoms with Gasteiger partial charge in [-0.2, -0.15) is 0 Å². The quantitative estimate of drug-likeness (QED) is 0.175. The summed E-state index contributed by atoms with van der Waals surface area (Å²) in [5, 5.41) is 0.111. The van der Waals surface area contributed by atoms with E-state index in [0.717, 1.165) is 74.0 Å². The molecule has 8 heteroatoms. The van der Waals surface area contributed by atoms with Gasteiger partial charge in [0.2, 0.25) is 16.6 Å². The second kappa shape index (κ2) is 17.1. The van der Waals surface area contributed by atoms with Gasteiger partial charge in [0.05, 0.1) is 11.8 Å². The fourth-order valence-corrected chi connectivity index (χ4v) is 11.2. The second-order valence-electron chi connectivity index (χ2n) is 23.5. The van der Waals surface area contributed by atoms with Crippen LogP contribution in [0.2, 0.25) is 36.3 Å². The Kier molecular flexibility index (Phi) is 13.7. The number of hydrogen-bond donors (Lipinski definition) is 0. The first-order chi connectivity index (χ1) is 26.6. The minimum absolute atomic E-state index is 0.0554. The Morgan fingerprint density at radius 1 is 0.466 bits per heavy atom. The van der Waals surface area contributed by atoms with Gasteiger partial charge in [0.25, 0.3) is 0 Å². The van der Waals surface area contributed by atoms with Crippen LogP contribution in [0.3, 0.4) is 0 Å². The van der Waals surface area contributed by atoms with Gasteiger partial charge in [0.1, 0.15) is 23.7 Å². The van der Waals surface area contributed by atoms with Crippen molar-refractivity contribution in [3.8, 4) is 11.5 Å². The van der Waals surface area contributed by atoms with E-state index < -0.39 is 28.5 Å². The van der Waals surface area contributed by atoms with Crippen molar-refractivity contribution in [3.05, 3.63) is 59.7 Å². The molecule has 0 saturated heterocycles. The fraction of sp³-hybridized carbons (Fsp3) is 0.720. The Morgan fingerprint density at radius 3 is 0.983 bits per heavy atom. The lowest BCUT2D eigenvalue weighted by Crippen LogP contribution is -2.53. The first-order valence-electron chi connectivity index (χ1n) is 22.6. The van der Waals surface area contributed by atoms with E-state index in [1.807, 2.05) is 24.3 Å². The topological polar surface area (TPSA) is 71.1 Å². The number of carbonyl (C=O) groups excluding carboxylic acids is 2. The second-order valence-corrected chi connectivity index (χ2v) is 33.0. The van der Waals surface area contributed by atoms with E-state index in [0.29, 0.717) is 11.8 Å². The normalized spacial score (nSPS) is 27.6.